The van der Waals surface area contributed by atoms with Crippen LogP contribution >= 0.6 is 0 Å². The second-order valence-electron chi connectivity index (χ2n) is 4.94. The van der Waals surface area contributed by atoms with Gasteiger partial charge in [0.1, 0.15) is 0 Å². The van der Waals surface area contributed by atoms with Gasteiger partial charge in [-0.15, -0.1) is 0 Å². The first-order valence-electron chi connectivity index (χ1n) is 7.09. The molecule has 0 bridgehead atoms. The molecule has 4 heteroatoms. The Morgan fingerprint density at radius 2 is 1.86 bits per heavy atom. The van der Waals surface area contributed by atoms with Crippen LogP contribution in [0.25, 0.3) is 0 Å². The summed E-state index contributed by atoms with van der Waals surface area (Å²) in [6.07, 6.45) is 1.88. The van der Waals surface area contributed by atoms with E-state index in [9.17, 15) is 0 Å². The van der Waals surface area contributed by atoms with Gasteiger partial charge in [0.15, 0.2) is 0 Å². The molecule has 1 unspecified atom stereocenters. The Bertz CT molecular complexity index is 611. The number of hydrogen-bond donors (Lipinski definition) is 1. The normalized spacial score (nSPS) is 11.7. The molecule has 0 radical (unpaired) electrons. The van der Waals surface area contributed by atoms with Crippen LogP contribution in [0.3, 0.4) is 0 Å². The standard InChI is InChI=1S/C17H20N4/c1-4-19-13(2)17-10-9-16(12-20-17)21(3)15-7-5-14(11-18)6-8-15/h5-10,12-13,19H,4H2,1-3H3. The molecule has 21 heavy (non-hydrogen) atoms. The van der Waals surface area contributed by atoms with E-state index in [-0.39, 0.29) is 6.04 Å². The molecule has 2 rings (SSSR count). The minimum absolute atomic E-state index is 0.254. The van der Waals surface area contributed by atoms with Crippen LogP contribution in [0.15, 0.2) is 42.6 Å². The maximum atomic E-state index is 8.83. The summed E-state index contributed by atoms with van der Waals surface area (Å²) in [4.78, 5) is 6.57. The molecule has 108 valence electrons. The lowest BCUT2D eigenvalue weighted by Crippen LogP contribution is -2.19. The lowest BCUT2D eigenvalue weighted by molar-refractivity contribution is 0.583. The monoisotopic (exact) mass is 280 g/mol. The molecule has 0 saturated carbocycles. The van der Waals surface area contributed by atoms with Gasteiger partial charge in [-0.2, -0.15) is 5.26 Å². The van der Waals surface area contributed by atoms with Crippen LogP contribution in [0.4, 0.5) is 11.4 Å². The molecule has 2 aromatic rings. The Kier molecular flexibility index (Phi) is 4.91. The Morgan fingerprint density at radius 1 is 1.19 bits per heavy atom. The first-order valence-corrected chi connectivity index (χ1v) is 7.09. The zero-order chi connectivity index (χ0) is 15.2. The van der Waals surface area contributed by atoms with E-state index in [1.807, 2.05) is 43.6 Å². The summed E-state index contributed by atoms with van der Waals surface area (Å²) >= 11 is 0. The summed E-state index contributed by atoms with van der Waals surface area (Å²) < 4.78 is 0. The van der Waals surface area contributed by atoms with Gasteiger partial charge in [0.25, 0.3) is 0 Å². The Labute approximate surface area is 126 Å². The van der Waals surface area contributed by atoms with Crippen molar-refractivity contribution in [3.8, 4) is 6.07 Å². The summed E-state index contributed by atoms with van der Waals surface area (Å²) in [5, 5.41) is 12.2. The number of benzene rings is 1. The minimum atomic E-state index is 0.254. The largest absolute Gasteiger partial charge is 0.343 e. The number of rotatable bonds is 5. The van der Waals surface area contributed by atoms with E-state index in [0.29, 0.717) is 5.56 Å². The van der Waals surface area contributed by atoms with E-state index in [0.717, 1.165) is 23.6 Å². The highest BCUT2D eigenvalue weighted by Gasteiger charge is 2.08. The third-order valence-electron chi connectivity index (χ3n) is 3.50. The number of nitrogens with one attached hydrogen (secondary N) is 1. The molecule has 0 amide bonds. The second kappa shape index (κ2) is 6.87. The average Bonchev–Trinajstić information content (AvgIpc) is 2.54. The van der Waals surface area contributed by atoms with Gasteiger partial charge in [-0.3, -0.25) is 4.98 Å². The van der Waals surface area contributed by atoms with Crippen molar-refractivity contribution < 1.29 is 0 Å². The van der Waals surface area contributed by atoms with Gasteiger partial charge in [-0.25, -0.2) is 0 Å². The second-order valence-corrected chi connectivity index (χ2v) is 4.94. The molecule has 4 nitrogen and oxygen atoms in total. The molecule has 1 aromatic heterocycles. The van der Waals surface area contributed by atoms with Crippen LogP contribution in [0.1, 0.15) is 31.1 Å². The number of hydrogen-bond acceptors (Lipinski definition) is 4. The van der Waals surface area contributed by atoms with Gasteiger partial charge in [0.2, 0.25) is 0 Å². The highest BCUT2D eigenvalue weighted by Crippen LogP contribution is 2.24. The van der Waals surface area contributed by atoms with E-state index in [2.05, 4.69) is 41.2 Å². The van der Waals surface area contributed by atoms with E-state index < -0.39 is 0 Å². The Hall–Kier alpha value is -2.38. The fourth-order valence-corrected chi connectivity index (χ4v) is 2.17. The predicted octanol–water partition coefficient (Wildman–Crippen LogP) is 3.39. The van der Waals surface area contributed by atoms with Crippen LogP contribution in [0.2, 0.25) is 0 Å². The molecule has 1 N–H and O–H groups in total. The highest BCUT2D eigenvalue weighted by molar-refractivity contribution is 5.62. The third kappa shape index (κ3) is 3.59. The van der Waals surface area contributed by atoms with Crippen molar-refractivity contribution in [3.63, 3.8) is 0 Å². The fraction of sp³-hybridized carbons (Fsp3) is 0.294. The van der Waals surface area contributed by atoms with Crippen molar-refractivity contribution in [3.05, 3.63) is 53.9 Å². The van der Waals surface area contributed by atoms with E-state index >= 15 is 0 Å². The number of anilines is 2. The molecule has 0 spiro atoms. The number of pyridine rings is 1. The van der Waals surface area contributed by atoms with E-state index in [4.69, 9.17) is 5.26 Å². The number of nitriles is 1. The molecule has 0 aliphatic heterocycles. The molecule has 0 fully saturated rings. The lowest BCUT2D eigenvalue weighted by atomic mass is 10.2. The first-order chi connectivity index (χ1) is 10.2. The summed E-state index contributed by atoms with van der Waals surface area (Å²) in [5.74, 6) is 0. The molecule has 1 atom stereocenters. The van der Waals surface area contributed by atoms with Crippen LogP contribution in [0, 0.1) is 11.3 Å². The van der Waals surface area contributed by atoms with Crippen molar-refractivity contribution in [2.45, 2.75) is 19.9 Å². The lowest BCUT2D eigenvalue weighted by Gasteiger charge is -2.20. The van der Waals surface area contributed by atoms with Crippen LogP contribution in [-0.4, -0.2) is 18.6 Å². The smallest absolute Gasteiger partial charge is 0.0991 e. The molecule has 1 aromatic carbocycles. The predicted molar refractivity (Wildman–Crippen MR) is 85.5 cm³/mol. The zero-order valence-electron chi connectivity index (χ0n) is 12.7. The summed E-state index contributed by atoms with van der Waals surface area (Å²) in [7, 11) is 1.99. The number of nitrogens with zero attached hydrogens (tertiary/aromatic N) is 3. The fourth-order valence-electron chi connectivity index (χ4n) is 2.17. The molecule has 0 saturated heterocycles. The van der Waals surface area contributed by atoms with Crippen molar-refractivity contribution in [2.24, 2.45) is 0 Å². The SMILES string of the molecule is CCNC(C)c1ccc(N(C)c2ccc(C#N)cc2)cn1. The van der Waals surface area contributed by atoms with Crippen LogP contribution in [0.5, 0.6) is 0 Å². The summed E-state index contributed by atoms with van der Waals surface area (Å²) in [6.45, 7) is 5.12. The van der Waals surface area contributed by atoms with Crippen LogP contribution in [-0.2, 0) is 0 Å². The van der Waals surface area contributed by atoms with Gasteiger partial charge in [0.05, 0.1) is 29.2 Å². The average molecular weight is 280 g/mol. The van der Waals surface area contributed by atoms with E-state index in [1.165, 1.54) is 0 Å². The zero-order valence-corrected chi connectivity index (χ0v) is 12.7. The van der Waals surface area contributed by atoms with Crippen molar-refractivity contribution in [1.82, 2.24) is 10.3 Å². The molecular weight excluding hydrogens is 260 g/mol. The number of aromatic nitrogens is 1. The molecule has 1 heterocycles. The van der Waals surface area contributed by atoms with Crippen molar-refractivity contribution in [1.29, 1.82) is 5.26 Å². The van der Waals surface area contributed by atoms with Gasteiger partial charge in [0, 0.05) is 18.8 Å². The van der Waals surface area contributed by atoms with E-state index in [1.54, 1.807) is 0 Å². The Balaban J connectivity index is 2.15. The highest BCUT2D eigenvalue weighted by atomic mass is 15.1. The Morgan fingerprint density at radius 3 is 2.38 bits per heavy atom. The van der Waals surface area contributed by atoms with Crippen LogP contribution < -0.4 is 10.2 Å². The molecular formula is C17H20N4. The van der Waals surface area contributed by atoms with Crippen molar-refractivity contribution >= 4 is 11.4 Å². The summed E-state index contributed by atoms with van der Waals surface area (Å²) in [6, 6.07) is 14.0. The van der Waals surface area contributed by atoms with Gasteiger partial charge < -0.3 is 10.2 Å². The molecule has 0 aliphatic carbocycles. The maximum Gasteiger partial charge on any atom is 0.0991 e. The van der Waals surface area contributed by atoms with Gasteiger partial charge in [-0.1, -0.05) is 6.92 Å². The molecule has 0 aliphatic rings. The first kappa shape index (κ1) is 15.0. The van der Waals surface area contributed by atoms with Crippen molar-refractivity contribution in [2.75, 3.05) is 18.5 Å². The topological polar surface area (TPSA) is 52.0 Å². The minimum Gasteiger partial charge on any atom is -0.343 e. The van der Waals surface area contributed by atoms with Gasteiger partial charge in [-0.05, 0) is 49.9 Å². The maximum absolute atomic E-state index is 8.83. The van der Waals surface area contributed by atoms with Gasteiger partial charge >= 0.3 is 0 Å². The third-order valence-corrected chi connectivity index (χ3v) is 3.50. The summed E-state index contributed by atoms with van der Waals surface area (Å²) in [5.41, 5.74) is 3.75. The quantitative estimate of drug-likeness (QED) is 0.912.